The third-order valence-corrected chi connectivity index (χ3v) is 2.20. The van der Waals surface area contributed by atoms with Crippen LogP contribution in [0.25, 0.3) is 0 Å². The minimum Gasteiger partial charge on any atom is -0.368 e. The summed E-state index contributed by atoms with van der Waals surface area (Å²) in [6, 6.07) is 0.299. The van der Waals surface area contributed by atoms with E-state index in [0.29, 0.717) is 12.0 Å². The van der Waals surface area contributed by atoms with E-state index in [4.69, 9.17) is 5.73 Å². The van der Waals surface area contributed by atoms with Crippen molar-refractivity contribution in [2.75, 3.05) is 0 Å². The third kappa shape index (κ3) is 3.22. The molecule has 1 unspecified atom stereocenters. The first kappa shape index (κ1) is 11.4. The second kappa shape index (κ2) is 3.90. The molecule has 1 atom stereocenters. The molecule has 0 aromatic carbocycles. The lowest BCUT2D eigenvalue weighted by Crippen LogP contribution is -2.54. The molecule has 3 nitrogen and oxygen atoms in total. The summed E-state index contributed by atoms with van der Waals surface area (Å²) in [5, 5.41) is 3.18. The quantitative estimate of drug-likeness (QED) is 0.661. The topological polar surface area (TPSA) is 55.1 Å². The summed E-state index contributed by atoms with van der Waals surface area (Å²) in [6.45, 7) is 9.86. The highest BCUT2D eigenvalue weighted by molar-refractivity contribution is 5.83. The van der Waals surface area contributed by atoms with Crippen LogP contribution >= 0.6 is 0 Å². The second-order valence-electron chi connectivity index (χ2n) is 4.17. The zero-order chi connectivity index (χ0) is 9.94. The molecule has 0 aromatic rings. The molecule has 0 aliphatic heterocycles. The number of rotatable bonds is 4. The van der Waals surface area contributed by atoms with E-state index in [1.165, 1.54) is 0 Å². The Labute approximate surface area is 74.7 Å². The standard InChI is InChI=1S/C9H20N2O/c1-6(2)7(3)11-9(4,5)8(10)12/h6-7,11H,1-5H3,(H2,10,12). The van der Waals surface area contributed by atoms with Gasteiger partial charge in [0.2, 0.25) is 5.91 Å². The number of carbonyl (C=O) groups excluding carboxylic acids is 1. The van der Waals surface area contributed by atoms with Crippen LogP contribution in [0.4, 0.5) is 0 Å². The van der Waals surface area contributed by atoms with Crippen molar-refractivity contribution in [3.05, 3.63) is 0 Å². The van der Waals surface area contributed by atoms with E-state index in [9.17, 15) is 4.79 Å². The molecular weight excluding hydrogens is 152 g/mol. The number of amides is 1. The van der Waals surface area contributed by atoms with Crippen molar-refractivity contribution >= 4 is 5.91 Å². The predicted molar refractivity (Wildman–Crippen MR) is 50.7 cm³/mol. The first-order valence-corrected chi connectivity index (χ1v) is 4.35. The summed E-state index contributed by atoms with van der Waals surface area (Å²) >= 11 is 0. The van der Waals surface area contributed by atoms with Gasteiger partial charge in [-0.3, -0.25) is 4.79 Å². The summed E-state index contributed by atoms with van der Waals surface area (Å²) in [5.41, 5.74) is 4.61. The third-order valence-electron chi connectivity index (χ3n) is 2.20. The Bertz CT molecular complexity index is 164. The molecule has 0 fully saturated rings. The molecule has 0 radical (unpaired) electrons. The van der Waals surface area contributed by atoms with Gasteiger partial charge in [-0.25, -0.2) is 0 Å². The van der Waals surface area contributed by atoms with Gasteiger partial charge in [0.25, 0.3) is 0 Å². The number of nitrogens with two attached hydrogens (primary N) is 1. The van der Waals surface area contributed by atoms with Crippen LogP contribution in [0, 0.1) is 5.92 Å². The van der Waals surface area contributed by atoms with Gasteiger partial charge in [0.1, 0.15) is 0 Å². The SMILES string of the molecule is CC(C)C(C)NC(C)(C)C(N)=O. The Morgan fingerprint density at radius 2 is 1.75 bits per heavy atom. The van der Waals surface area contributed by atoms with Crippen LogP contribution in [0.15, 0.2) is 0 Å². The molecule has 3 N–H and O–H groups in total. The van der Waals surface area contributed by atoms with Gasteiger partial charge in [-0.15, -0.1) is 0 Å². The van der Waals surface area contributed by atoms with Crippen molar-refractivity contribution in [1.82, 2.24) is 5.32 Å². The molecule has 0 rings (SSSR count). The molecule has 0 bridgehead atoms. The van der Waals surface area contributed by atoms with E-state index in [-0.39, 0.29) is 5.91 Å². The van der Waals surface area contributed by atoms with Gasteiger partial charge in [0.15, 0.2) is 0 Å². The highest BCUT2D eigenvalue weighted by Crippen LogP contribution is 2.07. The molecule has 3 heteroatoms. The fourth-order valence-electron chi connectivity index (χ4n) is 0.807. The fraction of sp³-hybridized carbons (Fsp3) is 0.889. The lowest BCUT2D eigenvalue weighted by Gasteiger charge is -2.29. The van der Waals surface area contributed by atoms with Gasteiger partial charge in [0.05, 0.1) is 5.54 Å². The number of hydrogen-bond acceptors (Lipinski definition) is 2. The molecule has 0 aliphatic carbocycles. The van der Waals surface area contributed by atoms with Crippen LogP contribution in [-0.4, -0.2) is 17.5 Å². The molecule has 0 aliphatic rings. The van der Waals surface area contributed by atoms with Crippen molar-refractivity contribution in [3.63, 3.8) is 0 Å². The van der Waals surface area contributed by atoms with Crippen molar-refractivity contribution in [2.45, 2.75) is 46.2 Å². The van der Waals surface area contributed by atoms with Crippen molar-refractivity contribution in [1.29, 1.82) is 0 Å². The first-order valence-electron chi connectivity index (χ1n) is 4.35. The smallest absolute Gasteiger partial charge is 0.237 e. The van der Waals surface area contributed by atoms with Crippen LogP contribution in [0.3, 0.4) is 0 Å². The van der Waals surface area contributed by atoms with Crippen LogP contribution in [0.1, 0.15) is 34.6 Å². The Balaban J connectivity index is 4.15. The number of carbonyl (C=O) groups is 1. The molecule has 0 heterocycles. The molecular formula is C9H20N2O. The first-order chi connectivity index (χ1) is 5.27. The summed E-state index contributed by atoms with van der Waals surface area (Å²) in [4.78, 5) is 10.9. The fourth-order valence-corrected chi connectivity index (χ4v) is 0.807. The average molecular weight is 172 g/mol. The van der Waals surface area contributed by atoms with E-state index < -0.39 is 5.54 Å². The minimum atomic E-state index is -0.607. The van der Waals surface area contributed by atoms with Gasteiger partial charge >= 0.3 is 0 Å². The maximum absolute atomic E-state index is 10.9. The largest absolute Gasteiger partial charge is 0.368 e. The molecule has 72 valence electrons. The van der Waals surface area contributed by atoms with Crippen molar-refractivity contribution in [3.8, 4) is 0 Å². The maximum Gasteiger partial charge on any atom is 0.237 e. The maximum atomic E-state index is 10.9. The Kier molecular flexibility index (Phi) is 3.71. The van der Waals surface area contributed by atoms with Gasteiger partial charge < -0.3 is 11.1 Å². The summed E-state index contributed by atoms with van der Waals surface area (Å²) < 4.78 is 0. The molecule has 12 heavy (non-hydrogen) atoms. The Hall–Kier alpha value is -0.570. The lowest BCUT2D eigenvalue weighted by atomic mass is 9.99. The number of nitrogens with one attached hydrogen (secondary N) is 1. The molecule has 0 aromatic heterocycles. The Morgan fingerprint density at radius 1 is 1.33 bits per heavy atom. The minimum absolute atomic E-state index is 0.299. The summed E-state index contributed by atoms with van der Waals surface area (Å²) in [7, 11) is 0. The highest BCUT2D eigenvalue weighted by atomic mass is 16.1. The van der Waals surface area contributed by atoms with Crippen LogP contribution < -0.4 is 11.1 Å². The van der Waals surface area contributed by atoms with E-state index in [2.05, 4.69) is 26.1 Å². The average Bonchev–Trinajstić information content (AvgIpc) is 1.85. The second-order valence-corrected chi connectivity index (χ2v) is 4.17. The van der Waals surface area contributed by atoms with Crippen LogP contribution in [0.2, 0.25) is 0 Å². The molecule has 1 amide bonds. The van der Waals surface area contributed by atoms with Gasteiger partial charge in [-0.2, -0.15) is 0 Å². The molecule has 0 saturated heterocycles. The normalized spacial score (nSPS) is 14.8. The Morgan fingerprint density at radius 3 is 2.00 bits per heavy atom. The molecule has 0 spiro atoms. The number of hydrogen-bond donors (Lipinski definition) is 2. The van der Waals surface area contributed by atoms with E-state index >= 15 is 0 Å². The zero-order valence-corrected chi connectivity index (χ0v) is 8.64. The number of primary amides is 1. The van der Waals surface area contributed by atoms with E-state index in [0.717, 1.165) is 0 Å². The van der Waals surface area contributed by atoms with Gasteiger partial charge in [0, 0.05) is 6.04 Å². The van der Waals surface area contributed by atoms with Crippen molar-refractivity contribution < 1.29 is 4.79 Å². The monoisotopic (exact) mass is 172 g/mol. The van der Waals surface area contributed by atoms with Gasteiger partial charge in [-0.1, -0.05) is 13.8 Å². The van der Waals surface area contributed by atoms with E-state index in [1.807, 2.05) is 0 Å². The predicted octanol–water partition coefficient (Wildman–Crippen LogP) is 0.884. The highest BCUT2D eigenvalue weighted by Gasteiger charge is 2.26. The molecule has 0 saturated carbocycles. The van der Waals surface area contributed by atoms with Crippen LogP contribution in [-0.2, 0) is 4.79 Å². The zero-order valence-electron chi connectivity index (χ0n) is 8.64. The van der Waals surface area contributed by atoms with Gasteiger partial charge in [-0.05, 0) is 26.7 Å². The summed E-state index contributed by atoms with van der Waals surface area (Å²) in [6.07, 6.45) is 0. The van der Waals surface area contributed by atoms with Crippen LogP contribution in [0.5, 0.6) is 0 Å². The van der Waals surface area contributed by atoms with Crippen molar-refractivity contribution in [2.24, 2.45) is 11.7 Å². The van der Waals surface area contributed by atoms with E-state index in [1.54, 1.807) is 13.8 Å². The summed E-state index contributed by atoms with van der Waals surface area (Å²) in [5.74, 6) is 0.193. The lowest BCUT2D eigenvalue weighted by molar-refractivity contribution is -0.123.